The number of likely N-dealkylation sites (tertiary alicyclic amines) is 1. The summed E-state index contributed by atoms with van der Waals surface area (Å²) in [6, 6.07) is 15.5. The second-order valence-electron chi connectivity index (χ2n) is 8.41. The first-order chi connectivity index (χ1) is 17.0. The third-order valence-corrected chi connectivity index (χ3v) is 6.86. The van der Waals surface area contributed by atoms with Crippen LogP contribution in [0.3, 0.4) is 0 Å². The van der Waals surface area contributed by atoms with Gasteiger partial charge in [-0.25, -0.2) is 13.9 Å². The van der Waals surface area contributed by atoms with Crippen molar-refractivity contribution in [3.05, 3.63) is 76.1 Å². The molecule has 1 aliphatic heterocycles. The monoisotopic (exact) mass is 545 g/mol. The molecule has 0 aliphatic carbocycles. The number of nitrogens with one attached hydrogen (secondary N) is 2. The lowest BCUT2D eigenvalue weighted by Crippen LogP contribution is -2.42. The average Bonchev–Trinajstić information content (AvgIpc) is 3.40. The van der Waals surface area contributed by atoms with E-state index in [9.17, 15) is 9.18 Å². The summed E-state index contributed by atoms with van der Waals surface area (Å²) in [6.45, 7) is 3.04. The van der Waals surface area contributed by atoms with Crippen LogP contribution >= 0.6 is 15.9 Å². The first-order valence-electron chi connectivity index (χ1n) is 11.4. The molecule has 1 aromatic heterocycles. The number of methoxy groups -OCH3 is 2. The van der Waals surface area contributed by atoms with Gasteiger partial charge in [-0.3, -0.25) is 10.2 Å². The number of carbonyl (C=O) groups excluding carboxylic acids is 1. The fraction of sp³-hybridized carbons (Fsp3) is 0.360. The summed E-state index contributed by atoms with van der Waals surface area (Å²) in [7, 11) is 3.26. The molecule has 1 saturated heterocycles. The minimum absolute atomic E-state index is 0.0183. The molecule has 2 aromatic carbocycles. The first-order valence-corrected chi connectivity index (χ1v) is 12.2. The number of anilines is 1. The summed E-state index contributed by atoms with van der Waals surface area (Å²) in [5, 5.41) is 10.7. The minimum atomic E-state index is -0.350. The van der Waals surface area contributed by atoms with E-state index in [4.69, 9.17) is 9.47 Å². The van der Waals surface area contributed by atoms with Crippen LogP contribution in [0.1, 0.15) is 17.2 Å². The lowest BCUT2D eigenvalue weighted by molar-refractivity contribution is 0.159. The van der Waals surface area contributed by atoms with Crippen molar-refractivity contribution in [3.63, 3.8) is 0 Å². The van der Waals surface area contributed by atoms with E-state index in [0.717, 1.165) is 24.3 Å². The molecule has 8 nitrogen and oxygen atoms in total. The van der Waals surface area contributed by atoms with Crippen LogP contribution in [0.25, 0.3) is 5.69 Å². The van der Waals surface area contributed by atoms with Crippen molar-refractivity contribution in [1.82, 2.24) is 20.0 Å². The van der Waals surface area contributed by atoms with Gasteiger partial charge in [0.25, 0.3) is 0 Å². The maximum absolute atomic E-state index is 13.5. The summed E-state index contributed by atoms with van der Waals surface area (Å²) in [5.74, 6) is 0.245. The van der Waals surface area contributed by atoms with Gasteiger partial charge in [-0.2, -0.15) is 5.10 Å². The number of urea groups is 1. The highest BCUT2D eigenvalue weighted by Crippen LogP contribution is 2.31. The van der Waals surface area contributed by atoms with E-state index in [1.807, 2.05) is 30.3 Å². The Hall–Kier alpha value is -2.79. The Labute approximate surface area is 212 Å². The molecule has 3 aromatic rings. The van der Waals surface area contributed by atoms with Gasteiger partial charge in [-0.05, 0) is 45.8 Å². The summed E-state index contributed by atoms with van der Waals surface area (Å²) in [4.78, 5) is 15.4. The summed E-state index contributed by atoms with van der Waals surface area (Å²) in [5.41, 5.74) is 2.46. The van der Waals surface area contributed by atoms with Crippen molar-refractivity contribution in [3.8, 4) is 5.69 Å². The van der Waals surface area contributed by atoms with Gasteiger partial charge >= 0.3 is 6.03 Å². The second kappa shape index (κ2) is 11.8. The van der Waals surface area contributed by atoms with E-state index in [-0.39, 0.29) is 23.8 Å². The zero-order chi connectivity index (χ0) is 24.8. The van der Waals surface area contributed by atoms with E-state index in [1.165, 1.54) is 12.1 Å². The molecule has 2 heterocycles. The van der Waals surface area contributed by atoms with E-state index in [2.05, 4.69) is 36.6 Å². The largest absolute Gasteiger partial charge is 0.383 e. The van der Waals surface area contributed by atoms with Gasteiger partial charge < -0.3 is 14.8 Å². The third kappa shape index (κ3) is 6.07. The Morgan fingerprint density at radius 3 is 2.54 bits per heavy atom. The SMILES string of the molecule is COCCN1C[C@@H](NC(=O)Nc2c(Br)c(COC)nn2-c2ccccc2)[C@H](c2ccc(F)cc2)C1. The number of halogens is 2. The van der Waals surface area contributed by atoms with Crippen molar-refractivity contribution in [2.24, 2.45) is 0 Å². The average molecular weight is 546 g/mol. The van der Waals surface area contributed by atoms with Gasteiger partial charge in [0.15, 0.2) is 5.82 Å². The molecule has 0 bridgehead atoms. The highest BCUT2D eigenvalue weighted by atomic mass is 79.9. The normalized spacial score (nSPS) is 18.1. The number of para-hydroxylation sites is 1. The van der Waals surface area contributed by atoms with Gasteiger partial charge in [0.2, 0.25) is 0 Å². The summed E-state index contributed by atoms with van der Waals surface area (Å²) in [6.07, 6.45) is 0. The van der Waals surface area contributed by atoms with Gasteiger partial charge in [-0.1, -0.05) is 30.3 Å². The number of nitrogens with zero attached hydrogens (tertiary/aromatic N) is 3. The van der Waals surface area contributed by atoms with Crippen molar-refractivity contribution < 1.29 is 18.7 Å². The number of carbonyl (C=O) groups is 1. The summed E-state index contributed by atoms with van der Waals surface area (Å²) >= 11 is 3.57. The van der Waals surface area contributed by atoms with Crippen molar-refractivity contribution in [2.75, 3.05) is 45.8 Å². The fourth-order valence-corrected chi connectivity index (χ4v) is 4.79. The van der Waals surface area contributed by atoms with E-state index >= 15 is 0 Å². The Bertz CT molecular complexity index is 1130. The first kappa shape index (κ1) is 25.3. The minimum Gasteiger partial charge on any atom is -0.383 e. The van der Waals surface area contributed by atoms with Gasteiger partial charge in [0.05, 0.1) is 29.4 Å². The molecule has 0 saturated carbocycles. The number of benzene rings is 2. The van der Waals surface area contributed by atoms with E-state index < -0.39 is 0 Å². The number of amides is 2. The van der Waals surface area contributed by atoms with E-state index in [1.54, 1.807) is 31.0 Å². The smallest absolute Gasteiger partial charge is 0.320 e. The number of rotatable bonds is 9. The Morgan fingerprint density at radius 1 is 1.11 bits per heavy atom. The van der Waals surface area contributed by atoms with Crippen LogP contribution in [0.4, 0.5) is 15.0 Å². The highest BCUT2D eigenvalue weighted by Gasteiger charge is 2.35. The van der Waals surface area contributed by atoms with Crippen LogP contribution in [0.5, 0.6) is 0 Å². The maximum atomic E-state index is 13.5. The van der Waals surface area contributed by atoms with Crippen molar-refractivity contribution in [2.45, 2.75) is 18.6 Å². The fourth-order valence-electron chi connectivity index (χ4n) is 4.33. The Balaban J connectivity index is 1.55. The number of hydrogen-bond acceptors (Lipinski definition) is 5. The van der Waals surface area contributed by atoms with Crippen LogP contribution in [0.2, 0.25) is 0 Å². The van der Waals surface area contributed by atoms with E-state index in [0.29, 0.717) is 35.7 Å². The quantitative estimate of drug-likeness (QED) is 0.422. The molecule has 2 amide bonds. The van der Waals surface area contributed by atoms with Crippen molar-refractivity contribution >= 4 is 27.8 Å². The Morgan fingerprint density at radius 2 is 1.86 bits per heavy atom. The topological polar surface area (TPSA) is 80.7 Å². The maximum Gasteiger partial charge on any atom is 0.320 e. The third-order valence-electron chi connectivity index (χ3n) is 6.03. The van der Waals surface area contributed by atoms with Crippen LogP contribution < -0.4 is 10.6 Å². The number of ether oxygens (including phenoxy) is 2. The van der Waals surface area contributed by atoms with Crippen LogP contribution in [-0.4, -0.2) is 67.2 Å². The lowest BCUT2D eigenvalue weighted by Gasteiger charge is -2.21. The molecule has 35 heavy (non-hydrogen) atoms. The molecule has 10 heteroatoms. The lowest BCUT2D eigenvalue weighted by atomic mass is 9.94. The van der Waals surface area contributed by atoms with Crippen LogP contribution in [0, 0.1) is 5.82 Å². The zero-order valence-electron chi connectivity index (χ0n) is 19.7. The van der Waals surface area contributed by atoms with Gasteiger partial charge in [0, 0.05) is 39.8 Å². The molecular formula is C25H29BrFN5O3. The van der Waals surface area contributed by atoms with Gasteiger partial charge in [0.1, 0.15) is 11.5 Å². The number of hydrogen-bond donors (Lipinski definition) is 2. The molecule has 2 atom stereocenters. The molecule has 1 fully saturated rings. The van der Waals surface area contributed by atoms with Gasteiger partial charge in [-0.15, -0.1) is 0 Å². The molecular weight excluding hydrogens is 517 g/mol. The second-order valence-corrected chi connectivity index (χ2v) is 9.20. The standard InChI is InChI=1S/C25H29BrFN5O3/c1-34-13-12-31-14-20(17-8-10-18(27)11-9-17)21(15-31)28-25(33)29-24-23(26)22(16-35-2)30-32(24)19-6-4-3-5-7-19/h3-11,20-21H,12-16H2,1-2H3,(H2,28,29,33)/t20-,21+/m0/s1. The molecule has 2 N–H and O–H groups in total. The highest BCUT2D eigenvalue weighted by molar-refractivity contribution is 9.10. The molecule has 1 aliphatic rings. The zero-order valence-corrected chi connectivity index (χ0v) is 21.3. The molecule has 0 unspecified atom stereocenters. The molecule has 0 radical (unpaired) electrons. The van der Waals surface area contributed by atoms with Crippen LogP contribution in [-0.2, 0) is 16.1 Å². The molecule has 186 valence electrons. The molecule has 0 spiro atoms. The predicted molar refractivity (Wildman–Crippen MR) is 135 cm³/mol. The Kier molecular flexibility index (Phi) is 8.50. The summed E-state index contributed by atoms with van der Waals surface area (Å²) < 4.78 is 26.3. The van der Waals surface area contributed by atoms with Crippen molar-refractivity contribution in [1.29, 1.82) is 0 Å². The van der Waals surface area contributed by atoms with Crippen LogP contribution in [0.15, 0.2) is 59.1 Å². The predicted octanol–water partition coefficient (Wildman–Crippen LogP) is 4.16. The number of aromatic nitrogens is 2. The molecule has 4 rings (SSSR count).